The van der Waals surface area contributed by atoms with E-state index in [1.165, 1.54) is 0 Å². The molecule has 0 amide bonds. The summed E-state index contributed by atoms with van der Waals surface area (Å²) in [5.41, 5.74) is 0.254. The minimum Gasteiger partial charge on any atom is -0.394 e. The Labute approximate surface area is 67.4 Å². The Bertz CT molecular complexity index is 244. The third-order valence-corrected chi connectivity index (χ3v) is 1.61. The van der Waals surface area contributed by atoms with Gasteiger partial charge in [-0.2, -0.15) is 5.10 Å². The molecule has 0 aromatic carbocycles. The van der Waals surface area contributed by atoms with Crippen LogP contribution in [0.4, 0.5) is 0 Å². The van der Waals surface area contributed by atoms with Crippen molar-refractivity contribution >= 4 is 13.3 Å². The van der Waals surface area contributed by atoms with Crippen molar-refractivity contribution < 1.29 is 5.11 Å². The standard InChI is InChI=1S/C7H11BN2O/c1-7(2,5-11)10-4-6(8)3-9-10/h3-4,11H,5H2,1-2H3. The van der Waals surface area contributed by atoms with E-state index >= 15 is 0 Å². The lowest BCUT2D eigenvalue weighted by molar-refractivity contribution is 0.152. The van der Waals surface area contributed by atoms with Gasteiger partial charge in [-0.15, -0.1) is 0 Å². The van der Waals surface area contributed by atoms with Gasteiger partial charge in [-0.25, -0.2) is 0 Å². The van der Waals surface area contributed by atoms with Gasteiger partial charge in [0.15, 0.2) is 0 Å². The molecule has 1 rings (SSSR count). The average Bonchev–Trinajstić information content (AvgIpc) is 2.36. The number of rotatable bonds is 2. The molecule has 0 aliphatic carbocycles. The third kappa shape index (κ3) is 1.63. The van der Waals surface area contributed by atoms with Gasteiger partial charge < -0.3 is 5.11 Å². The topological polar surface area (TPSA) is 38.0 Å². The Morgan fingerprint density at radius 2 is 2.36 bits per heavy atom. The maximum absolute atomic E-state index is 8.96. The number of hydrogen-bond acceptors (Lipinski definition) is 2. The van der Waals surface area contributed by atoms with Crippen molar-refractivity contribution in [3.63, 3.8) is 0 Å². The van der Waals surface area contributed by atoms with E-state index in [0.29, 0.717) is 5.46 Å². The van der Waals surface area contributed by atoms with Gasteiger partial charge in [0.05, 0.1) is 12.1 Å². The van der Waals surface area contributed by atoms with Crippen molar-refractivity contribution in [2.45, 2.75) is 19.4 Å². The Kier molecular flexibility index (Phi) is 2.04. The lowest BCUT2D eigenvalue weighted by atomic mass is 10.0. The van der Waals surface area contributed by atoms with E-state index in [1.807, 2.05) is 13.8 Å². The van der Waals surface area contributed by atoms with Gasteiger partial charge in [0.2, 0.25) is 0 Å². The highest BCUT2D eigenvalue weighted by molar-refractivity contribution is 6.31. The van der Waals surface area contributed by atoms with Crippen LogP contribution in [0.25, 0.3) is 0 Å². The zero-order chi connectivity index (χ0) is 8.48. The predicted octanol–water partition coefficient (Wildman–Crippen LogP) is -0.596. The summed E-state index contributed by atoms with van der Waals surface area (Å²) in [6.07, 6.45) is 3.27. The second-order valence-electron chi connectivity index (χ2n) is 3.19. The second kappa shape index (κ2) is 2.70. The van der Waals surface area contributed by atoms with Crippen molar-refractivity contribution in [1.82, 2.24) is 9.78 Å². The van der Waals surface area contributed by atoms with Gasteiger partial charge in [0, 0.05) is 12.4 Å². The zero-order valence-corrected chi connectivity index (χ0v) is 6.78. The molecule has 1 N–H and O–H groups in total. The van der Waals surface area contributed by atoms with Crippen LogP contribution in [-0.2, 0) is 5.54 Å². The highest BCUT2D eigenvalue weighted by Gasteiger charge is 2.18. The van der Waals surface area contributed by atoms with Crippen LogP contribution in [0.2, 0.25) is 0 Å². The van der Waals surface area contributed by atoms with Crippen molar-refractivity contribution in [3.8, 4) is 0 Å². The molecule has 2 radical (unpaired) electrons. The summed E-state index contributed by atoms with van der Waals surface area (Å²) in [6.45, 7) is 3.83. The molecule has 0 bridgehead atoms. The highest BCUT2D eigenvalue weighted by atomic mass is 16.3. The first-order valence-electron chi connectivity index (χ1n) is 3.48. The van der Waals surface area contributed by atoms with Gasteiger partial charge >= 0.3 is 0 Å². The summed E-state index contributed by atoms with van der Waals surface area (Å²) < 4.78 is 1.66. The predicted molar refractivity (Wildman–Crippen MR) is 44.0 cm³/mol. The highest BCUT2D eigenvalue weighted by Crippen LogP contribution is 2.10. The van der Waals surface area contributed by atoms with Crippen molar-refractivity contribution in [3.05, 3.63) is 12.4 Å². The molecule has 0 unspecified atom stereocenters. The fraction of sp³-hybridized carbons (Fsp3) is 0.571. The summed E-state index contributed by atoms with van der Waals surface area (Å²) >= 11 is 0. The first-order valence-corrected chi connectivity index (χ1v) is 3.48. The molecule has 0 aliphatic heterocycles. The molecule has 0 saturated heterocycles. The second-order valence-corrected chi connectivity index (χ2v) is 3.19. The summed E-state index contributed by atoms with van der Waals surface area (Å²) in [4.78, 5) is 0. The normalized spacial score (nSPS) is 11.9. The minimum absolute atomic E-state index is 0.0497. The van der Waals surface area contributed by atoms with E-state index in [9.17, 15) is 0 Å². The monoisotopic (exact) mass is 150 g/mol. The van der Waals surface area contributed by atoms with E-state index < -0.39 is 0 Å². The number of hydrogen-bond donors (Lipinski definition) is 1. The van der Waals surface area contributed by atoms with Crippen LogP contribution in [0.15, 0.2) is 12.4 Å². The molecule has 0 aliphatic rings. The number of nitrogens with zero attached hydrogens (tertiary/aromatic N) is 2. The molecule has 11 heavy (non-hydrogen) atoms. The Morgan fingerprint density at radius 3 is 2.73 bits per heavy atom. The largest absolute Gasteiger partial charge is 0.394 e. The van der Waals surface area contributed by atoms with Crippen molar-refractivity contribution in [1.29, 1.82) is 0 Å². The van der Waals surface area contributed by atoms with Crippen molar-refractivity contribution in [2.75, 3.05) is 6.61 Å². The van der Waals surface area contributed by atoms with Crippen LogP contribution >= 0.6 is 0 Å². The molecule has 0 spiro atoms. The molecule has 1 aromatic rings. The van der Waals surface area contributed by atoms with Crippen LogP contribution in [0.5, 0.6) is 0 Å². The first kappa shape index (κ1) is 8.33. The molecular formula is C7H11BN2O. The first-order chi connectivity index (χ1) is 5.06. The lowest BCUT2D eigenvalue weighted by Crippen LogP contribution is -2.31. The third-order valence-electron chi connectivity index (χ3n) is 1.61. The Morgan fingerprint density at radius 1 is 1.73 bits per heavy atom. The quantitative estimate of drug-likeness (QED) is 0.572. The van der Waals surface area contributed by atoms with Gasteiger partial charge in [-0.3, -0.25) is 4.68 Å². The van der Waals surface area contributed by atoms with Crippen LogP contribution in [0, 0.1) is 0 Å². The molecule has 1 aromatic heterocycles. The van der Waals surface area contributed by atoms with Crippen LogP contribution in [0.3, 0.4) is 0 Å². The molecule has 0 fully saturated rings. The summed E-state index contributed by atoms with van der Waals surface area (Å²) in [7, 11) is 5.47. The lowest BCUT2D eigenvalue weighted by Gasteiger charge is -2.22. The van der Waals surface area contributed by atoms with E-state index in [-0.39, 0.29) is 12.1 Å². The van der Waals surface area contributed by atoms with Crippen molar-refractivity contribution in [2.24, 2.45) is 0 Å². The molecule has 0 saturated carbocycles. The van der Waals surface area contributed by atoms with E-state index in [4.69, 9.17) is 13.0 Å². The van der Waals surface area contributed by atoms with E-state index in [0.717, 1.165) is 0 Å². The number of aromatic nitrogens is 2. The van der Waals surface area contributed by atoms with Gasteiger partial charge in [0.25, 0.3) is 0 Å². The number of aliphatic hydroxyl groups is 1. The molecule has 1 heterocycles. The van der Waals surface area contributed by atoms with Crippen LogP contribution in [-0.4, -0.2) is 29.3 Å². The molecule has 58 valence electrons. The molecule has 4 heteroatoms. The minimum atomic E-state index is -0.363. The average molecular weight is 150 g/mol. The van der Waals surface area contributed by atoms with Gasteiger partial charge in [0.1, 0.15) is 7.85 Å². The summed E-state index contributed by atoms with van der Waals surface area (Å²) in [6, 6.07) is 0. The zero-order valence-electron chi connectivity index (χ0n) is 6.78. The van der Waals surface area contributed by atoms with Gasteiger partial charge in [-0.05, 0) is 13.8 Å². The summed E-state index contributed by atoms with van der Waals surface area (Å²) in [5, 5.41) is 12.9. The van der Waals surface area contributed by atoms with Crippen LogP contribution < -0.4 is 5.46 Å². The van der Waals surface area contributed by atoms with E-state index in [1.54, 1.807) is 17.1 Å². The molecular weight excluding hydrogens is 139 g/mol. The van der Waals surface area contributed by atoms with Crippen LogP contribution in [0.1, 0.15) is 13.8 Å². The van der Waals surface area contributed by atoms with Gasteiger partial charge in [-0.1, -0.05) is 5.46 Å². The SMILES string of the molecule is [B]c1cnn(C(C)(C)CO)c1. The fourth-order valence-electron chi connectivity index (χ4n) is 0.740. The maximum atomic E-state index is 8.96. The van der Waals surface area contributed by atoms with E-state index in [2.05, 4.69) is 5.10 Å². The smallest absolute Gasteiger partial charge is 0.118 e. The Balaban J connectivity index is 2.92. The number of aliphatic hydroxyl groups excluding tert-OH is 1. The molecule has 3 nitrogen and oxygen atoms in total. The fourth-order valence-corrected chi connectivity index (χ4v) is 0.740. The summed E-state index contributed by atoms with van der Waals surface area (Å²) in [5.74, 6) is 0. The Hall–Kier alpha value is -0.765. The maximum Gasteiger partial charge on any atom is 0.118 e. The molecule has 0 atom stereocenters.